The zero-order valence-corrected chi connectivity index (χ0v) is 17.7. The molecule has 0 bridgehead atoms. The number of hydrogen-bond donors (Lipinski definition) is 5. The zero-order chi connectivity index (χ0) is 20.4. The van der Waals surface area contributed by atoms with Crippen molar-refractivity contribution in [3.05, 3.63) is 65.7 Å². The molecule has 0 atom stereocenters. The minimum Gasteiger partial charge on any atom is -0.388 e. The number of hydrogen-bond acceptors (Lipinski definition) is 5. The molecule has 0 aliphatic carbocycles. The van der Waals surface area contributed by atoms with Crippen LogP contribution in [0.4, 0.5) is 5.69 Å². The summed E-state index contributed by atoms with van der Waals surface area (Å²) >= 11 is 8.47. The summed E-state index contributed by atoms with van der Waals surface area (Å²) in [6.45, 7) is 0. The molecule has 0 saturated carbocycles. The second kappa shape index (κ2) is 11.2. The molecule has 2 aromatic carbocycles. The van der Waals surface area contributed by atoms with Crippen LogP contribution in [0, 0.1) is 0 Å². The first-order valence-electron chi connectivity index (χ1n) is 8.47. The van der Waals surface area contributed by atoms with E-state index in [0.29, 0.717) is 21.8 Å². The van der Waals surface area contributed by atoms with Crippen LogP contribution in [0.5, 0.6) is 0 Å². The fraction of sp³-hybridized carbons (Fsp3) is 0.158. The van der Waals surface area contributed by atoms with E-state index < -0.39 is 0 Å². The van der Waals surface area contributed by atoms with E-state index in [1.807, 2.05) is 61.6 Å². The van der Waals surface area contributed by atoms with Gasteiger partial charge in [0.15, 0.2) is 10.3 Å². The first-order valence-corrected chi connectivity index (χ1v) is 9.37. The highest BCUT2D eigenvalue weighted by atomic mass is 32.1. The molecule has 0 spiro atoms. The molecule has 0 fully saturated rings. The Labute approximate surface area is 176 Å². The monoisotopic (exact) mass is 413 g/mol. The summed E-state index contributed by atoms with van der Waals surface area (Å²) in [6.07, 6.45) is 0. The quantitative estimate of drug-likeness (QED) is 0.218. The van der Waals surface area contributed by atoms with Crippen molar-refractivity contribution in [1.29, 1.82) is 0 Å². The average Bonchev–Trinajstić information content (AvgIpc) is 2.76. The predicted molar refractivity (Wildman–Crippen MR) is 126 cm³/mol. The molecule has 2 rings (SSSR count). The molecule has 0 unspecified atom stereocenters. The topological polar surface area (TPSA) is 85.5 Å². The number of amidine groups is 2. The lowest BCUT2D eigenvalue weighted by atomic mass is 9.99. The van der Waals surface area contributed by atoms with Gasteiger partial charge in [-0.25, -0.2) is 0 Å². The van der Waals surface area contributed by atoms with Crippen molar-refractivity contribution < 1.29 is 0 Å². The number of benzene rings is 2. The van der Waals surface area contributed by atoms with Crippen LogP contribution in [0.3, 0.4) is 0 Å². The smallest absolute Gasteiger partial charge is 0.179 e. The molecule has 28 heavy (non-hydrogen) atoms. The Bertz CT molecular complexity index is 888. The molecule has 0 aliphatic rings. The van der Waals surface area contributed by atoms with Gasteiger partial charge in [-0.2, -0.15) is 0 Å². The Kier molecular flexibility index (Phi) is 8.57. The molecule has 2 aromatic rings. The number of nitrogens with one attached hydrogen (secondary N) is 3. The van der Waals surface area contributed by atoms with Crippen LogP contribution in [-0.4, -0.2) is 42.9 Å². The molecule has 3 N–H and O–H groups in total. The molecule has 0 saturated heterocycles. The highest BCUT2D eigenvalue weighted by molar-refractivity contribution is 7.97. The van der Waals surface area contributed by atoms with Crippen molar-refractivity contribution in [2.45, 2.75) is 0 Å². The number of anilines is 1. The Balaban J connectivity index is 2.66. The molecule has 9 heteroatoms. The molecule has 146 valence electrons. The molecule has 0 aromatic heterocycles. The fourth-order valence-corrected chi connectivity index (χ4v) is 2.26. The third kappa shape index (κ3) is 6.14. The van der Waals surface area contributed by atoms with E-state index in [2.05, 4.69) is 61.6 Å². The Hall–Kier alpha value is -2.78. The largest absolute Gasteiger partial charge is 0.388 e. The summed E-state index contributed by atoms with van der Waals surface area (Å²) < 4.78 is 0. The van der Waals surface area contributed by atoms with Crippen LogP contribution in [0.2, 0.25) is 0 Å². The lowest BCUT2D eigenvalue weighted by molar-refractivity contribution is 1.13. The van der Waals surface area contributed by atoms with E-state index in [1.165, 1.54) is 0 Å². The van der Waals surface area contributed by atoms with Gasteiger partial charge in [0, 0.05) is 38.0 Å². The second-order valence-corrected chi connectivity index (χ2v) is 6.29. The van der Waals surface area contributed by atoms with Gasteiger partial charge in [0.1, 0.15) is 11.4 Å². The second-order valence-electron chi connectivity index (χ2n) is 5.44. The highest BCUT2D eigenvalue weighted by Gasteiger charge is 2.15. The molecule has 7 nitrogen and oxygen atoms in total. The predicted octanol–water partition coefficient (Wildman–Crippen LogP) is 2.85. The first-order chi connectivity index (χ1) is 13.6. The van der Waals surface area contributed by atoms with Crippen molar-refractivity contribution in [3.8, 4) is 0 Å². The van der Waals surface area contributed by atoms with Gasteiger partial charge in [-0.15, -0.1) is 45.7 Å². The standard InChI is InChI=1S/C19H23N7S2/c1-20-15-11-9-14(10-12-15)17(24-26-19(28)22-3)16(23-25-18(27)21-2)13-7-5-4-6-8-13/h4-12,20H,1-3H3,(H2,21,25,27)(H2,22,26,28)/b23-16+,24-17+. The van der Waals surface area contributed by atoms with Gasteiger partial charge in [-0.05, 0) is 12.1 Å². The van der Waals surface area contributed by atoms with Crippen molar-refractivity contribution in [2.75, 3.05) is 26.5 Å². The summed E-state index contributed by atoms with van der Waals surface area (Å²) in [5.74, 6) is 0. The lowest BCUT2D eigenvalue weighted by Crippen LogP contribution is -2.19. The van der Waals surface area contributed by atoms with Crippen LogP contribution in [0.1, 0.15) is 11.1 Å². The van der Waals surface area contributed by atoms with E-state index in [0.717, 1.165) is 16.8 Å². The Morgan fingerprint density at radius 1 is 0.643 bits per heavy atom. The maximum absolute atomic E-state index is 4.40. The first kappa shape index (κ1) is 21.5. The van der Waals surface area contributed by atoms with Gasteiger partial charge in [0.25, 0.3) is 0 Å². The fourth-order valence-electron chi connectivity index (χ4n) is 2.17. The summed E-state index contributed by atoms with van der Waals surface area (Å²) in [4.78, 5) is 0. The normalized spacial score (nSPS) is 13.3. The summed E-state index contributed by atoms with van der Waals surface area (Å²) in [5, 5.41) is 26.6. The van der Waals surface area contributed by atoms with Gasteiger partial charge in [0.05, 0.1) is 0 Å². The minimum absolute atomic E-state index is 0.380. The maximum atomic E-state index is 4.40. The van der Waals surface area contributed by atoms with Crippen molar-refractivity contribution in [2.24, 2.45) is 20.4 Å². The van der Waals surface area contributed by atoms with Gasteiger partial charge in [-0.3, -0.25) is 0 Å². The van der Waals surface area contributed by atoms with Crippen LogP contribution in [0.25, 0.3) is 0 Å². The molecule has 0 amide bonds. The average molecular weight is 414 g/mol. The summed E-state index contributed by atoms with van der Waals surface area (Å²) in [6, 6.07) is 17.5. The van der Waals surface area contributed by atoms with Gasteiger partial charge in [0.2, 0.25) is 0 Å². The van der Waals surface area contributed by atoms with Crippen LogP contribution < -0.4 is 16.0 Å². The molecular formula is C19H23N7S2. The number of thiol groups is 2. The SMILES string of the molecule is CN/C(S)=N/N=C(/C(=N/N=C(\S)NC)c1ccc(NC)cc1)c1ccccc1. The minimum atomic E-state index is 0.380. The third-order valence-electron chi connectivity index (χ3n) is 3.66. The van der Waals surface area contributed by atoms with Crippen molar-refractivity contribution >= 4 is 52.7 Å². The van der Waals surface area contributed by atoms with E-state index in [4.69, 9.17) is 0 Å². The Morgan fingerprint density at radius 3 is 1.54 bits per heavy atom. The molecular weight excluding hydrogens is 390 g/mol. The van der Waals surface area contributed by atoms with Crippen LogP contribution in [0.15, 0.2) is 75.0 Å². The van der Waals surface area contributed by atoms with E-state index in [9.17, 15) is 0 Å². The molecule has 0 heterocycles. The molecule has 0 radical (unpaired) electrons. The van der Waals surface area contributed by atoms with Gasteiger partial charge < -0.3 is 16.0 Å². The van der Waals surface area contributed by atoms with E-state index in [-0.39, 0.29) is 0 Å². The summed E-state index contributed by atoms with van der Waals surface area (Å²) in [5.41, 5.74) is 3.78. The van der Waals surface area contributed by atoms with Gasteiger partial charge >= 0.3 is 0 Å². The lowest BCUT2D eigenvalue weighted by Gasteiger charge is -2.10. The van der Waals surface area contributed by atoms with Crippen molar-refractivity contribution in [1.82, 2.24) is 10.6 Å². The van der Waals surface area contributed by atoms with Crippen LogP contribution >= 0.6 is 25.3 Å². The highest BCUT2D eigenvalue weighted by Crippen LogP contribution is 2.15. The van der Waals surface area contributed by atoms with Gasteiger partial charge in [-0.1, -0.05) is 42.5 Å². The molecule has 0 aliphatic heterocycles. The number of nitrogens with zero attached hydrogens (tertiary/aromatic N) is 4. The third-order valence-corrected chi connectivity index (χ3v) is 4.28. The van der Waals surface area contributed by atoms with E-state index >= 15 is 0 Å². The van der Waals surface area contributed by atoms with Crippen LogP contribution in [-0.2, 0) is 0 Å². The zero-order valence-electron chi connectivity index (χ0n) is 15.9. The van der Waals surface area contributed by atoms with E-state index in [1.54, 1.807) is 14.1 Å². The maximum Gasteiger partial charge on any atom is 0.179 e. The summed E-state index contributed by atoms with van der Waals surface area (Å²) in [7, 11) is 5.31. The van der Waals surface area contributed by atoms with Crippen molar-refractivity contribution in [3.63, 3.8) is 0 Å². The number of rotatable bonds is 6. The Morgan fingerprint density at radius 2 is 1.11 bits per heavy atom.